The van der Waals surface area contributed by atoms with Crippen LogP contribution in [0.5, 0.6) is 0 Å². The summed E-state index contributed by atoms with van der Waals surface area (Å²) >= 11 is 0. The van der Waals surface area contributed by atoms with Crippen LogP contribution in [0.4, 0.5) is 0 Å². The highest BCUT2D eigenvalue weighted by atomic mass is 16.3. The van der Waals surface area contributed by atoms with Crippen LogP contribution in [0.2, 0.25) is 0 Å². The number of furan rings is 1. The molecular formula is C16H10N2O2. The Morgan fingerprint density at radius 1 is 0.900 bits per heavy atom. The van der Waals surface area contributed by atoms with E-state index in [0.717, 1.165) is 16.9 Å². The Bertz CT molecular complexity index is 830. The first-order chi connectivity index (χ1) is 9.90. The third-order valence-corrected chi connectivity index (χ3v) is 3.08. The molecule has 0 fully saturated rings. The van der Waals surface area contributed by atoms with Crippen LogP contribution in [-0.4, -0.2) is 9.97 Å². The Morgan fingerprint density at radius 3 is 2.70 bits per heavy atom. The summed E-state index contributed by atoms with van der Waals surface area (Å²) in [5, 5.41) is 0. The molecule has 0 aliphatic rings. The molecule has 4 nitrogen and oxygen atoms in total. The Hall–Kier alpha value is -2.88. The maximum absolute atomic E-state index is 5.72. The fourth-order valence-electron chi connectivity index (χ4n) is 2.14. The predicted octanol–water partition coefficient (Wildman–Crippen LogP) is 4.15. The first-order valence-electron chi connectivity index (χ1n) is 6.26. The van der Waals surface area contributed by atoms with Crippen LogP contribution in [0, 0.1) is 0 Å². The van der Waals surface area contributed by atoms with Crippen LogP contribution in [0.1, 0.15) is 0 Å². The Balaban J connectivity index is 1.84. The summed E-state index contributed by atoms with van der Waals surface area (Å²) in [6.07, 6.45) is 3.36. The summed E-state index contributed by atoms with van der Waals surface area (Å²) in [6, 6.07) is 15.4. The maximum atomic E-state index is 5.72. The maximum Gasteiger partial charge on any atom is 0.228 e. The van der Waals surface area contributed by atoms with Gasteiger partial charge in [-0.3, -0.25) is 0 Å². The van der Waals surface area contributed by atoms with Gasteiger partial charge < -0.3 is 8.83 Å². The van der Waals surface area contributed by atoms with Gasteiger partial charge in [0.1, 0.15) is 5.76 Å². The Kier molecular flexibility index (Phi) is 2.39. The zero-order chi connectivity index (χ0) is 13.4. The van der Waals surface area contributed by atoms with E-state index in [0.29, 0.717) is 17.1 Å². The molecule has 0 saturated carbocycles. The zero-order valence-electron chi connectivity index (χ0n) is 10.5. The van der Waals surface area contributed by atoms with Gasteiger partial charge in [-0.05, 0) is 36.4 Å². The molecule has 0 aliphatic heterocycles. The highest BCUT2D eigenvalue weighted by molar-refractivity contribution is 5.73. The smallest absolute Gasteiger partial charge is 0.228 e. The number of oxazole rings is 1. The molecule has 20 heavy (non-hydrogen) atoms. The number of nitrogens with zero attached hydrogens (tertiary/aromatic N) is 2. The minimum absolute atomic E-state index is 0.562. The van der Waals surface area contributed by atoms with Crippen LogP contribution in [0.3, 0.4) is 0 Å². The third-order valence-electron chi connectivity index (χ3n) is 3.08. The van der Waals surface area contributed by atoms with E-state index in [4.69, 9.17) is 8.83 Å². The highest BCUT2D eigenvalue weighted by Gasteiger charge is 2.10. The van der Waals surface area contributed by atoms with Gasteiger partial charge in [-0.15, -0.1) is 0 Å². The lowest BCUT2D eigenvalue weighted by molar-refractivity contribution is 0.582. The second kappa shape index (κ2) is 4.35. The van der Waals surface area contributed by atoms with E-state index in [9.17, 15) is 0 Å². The standard InChI is InChI=1S/C16H10N2O2/c1-4-11(13-7-3-9-19-13)10-12(5-1)16-18-15-14(20-16)6-2-8-17-15/h1-10H. The zero-order valence-corrected chi connectivity index (χ0v) is 10.5. The third kappa shape index (κ3) is 1.78. The Labute approximate surface area is 114 Å². The van der Waals surface area contributed by atoms with Crippen molar-refractivity contribution >= 4 is 11.2 Å². The van der Waals surface area contributed by atoms with Crippen LogP contribution in [-0.2, 0) is 0 Å². The topological polar surface area (TPSA) is 52.1 Å². The van der Waals surface area contributed by atoms with Gasteiger partial charge in [0.25, 0.3) is 0 Å². The molecule has 0 bridgehead atoms. The van der Waals surface area contributed by atoms with Gasteiger partial charge in [0, 0.05) is 17.3 Å². The number of aromatic nitrogens is 2. The first kappa shape index (κ1) is 11.0. The second-order valence-electron chi connectivity index (χ2n) is 4.40. The summed E-state index contributed by atoms with van der Waals surface area (Å²) in [7, 11) is 0. The van der Waals surface area contributed by atoms with Gasteiger partial charge in [0.15, 0.2) is 11.2 Å². The molecule has 0 saturated heterocycles. The van der Waals surface area contributed by atoms with Crippen molar-refractivity contribution in [3.8, 4) is 22.8 Å². The largest absolute Gasteiger partial charge is 0.464 e. The summed E-state index contributed by atoms with van der Waals surface area (Å²) < 4.78 is 11.1. The van der Waals surface area contributed by atoms with Crippen molar-refractivity contribution in [2.45, 2.75) is 0 Å². The highest BCUT2D eigenvalue weighted by Crippen LogP contribution is 2.27. The molecule has 0 amide bonds. The number of benzene rings is 1. The van der Waals surface area contributed by atoms with Gasteiger partial charge in [-0.25, -0.2) is 4.98 Å². The molecule has 3 heterocycles. The molecule has 0 spiro atoms. The number of hydrogen-bond donors (Lipinski definition) is 0. The SMILES string of the molecule is c1cc(-c2ccco2)cc(-c2nc3ncccc3o2)c1. The van der Waals surface area contributed by atoms with Crippen LogP contribution in [0.25, 0.3) is 34.0 Å². The van der Waals surface area contributed by atoms with Crippen LogP contribution >= 0.6 is 0 Å². The van der Waals surface area contributed by atoms with Gasteiger partial charge in [-0.2, -0.15) is 4.98 Å². The quantitative estimate of drug-likeness (QED) is 0.544. The van der Waals surface area contributed by atoms with Gasteiger partial charge in [-0.1, -0.05) is 12.1 Å². The fourth-order valence-corrected chi connectivity index (χ4v) is 2.14. The summed E-state index contributed by atoms with van der Waals surface area (Å²) in [6.45, 7) is 0. The molecule has 1 aromatic carbocycles. The van der Waals surface area contributed by atoms with E-state index in [1.807, 2.05) is 48.5 Å². The van der Waals surface area contributed by atoms with Crippen molar-refractivity contribution in [2.75, 3.05) is 0 Å². The van der Waals surface area contributed by atoms with Crippen LogP contribution < -0.4 is 0 Å². The number of pyridine rings is 1. The van der Waals surface area contributed by atoms with Gasteiger partial charge in [0.05, 0.1) is 6.26 Å². The molecule has 0 unspecified atom stereocenters. The average Bonchev–Trinajstić information content (AvgIpc) is 3.16. The van der Waals surface area contributed by atoms with E-state index < -0.39 is 0 Å². The van der Waals surface area contributed by atoms with Crippen molar-refractivity contribution in [1.82, 2.24) is 9.97 Å². The van der Waals surface area contributed by atoms with E-state index in [2.05, 4.69) is 9.97 Å². The fraction of sp³-hybridized carbons (Fsp3) is 0. The van der Waals surface area contributed by atoms with E-state index >= 15 is 0 Å². The first-order valence-corrected chi connectivity index (χ1v) is 6.26. The number of rotatable bonds is 2. The lowest BCUT2D eigenvalue weighted by Crippen LogP contribution is -1.80. The van der Waals surface area contributed by atoms with Crippen LogP contribution in [0.15, 0.2) is 69.8 Å². The molecule has 0 aliphatic carbocycles. The molecule has 4 aromatic rings. The van der Waals surface area contributed by atoms with E-state index in [1.54, 1.807) is 12.5 Å². The molecule has 0 N–H and O–H groups in total. The molecule has 4 rings (SSSR count). The van der Waals surface area contributed by atoms with Crippen molar-refractivity contribution in [3.05, 3.63) is 61.0 Å². The summed E-state index contributed by atoms with van der Waals surface area (Å²) in [4.78, 5) is 8.57. The van der Waals surface area contributed by atoms with Gasteiger partial charge >= 0.3 is 0 Å². The van der Waals surface area contributed by atoms with Gasteiger partial charge in [0.2, 0.25) is 5.89 Å². The molecule has 0 atom stereocenters. The average molecular weight is 262 g/mol. The predicted molar refractivity (Wildman–Crippen MR) is 74.9 cm³/mol. The van der Waals surface area contributed by atoms with Crippen molar-refractivity contribution in [2.24, 2.45) is 0 Å². The molecule has 96 valence electrons. The minimum atomic E-state index is 0.562. The van der Waals surface area contributed by atoms with E-state index in [1.165, 1.54) is 0 Å². The Morgan fingerprint density at radius 2 is 1.85 bits per heavy atom. The minimum Gasteiger partial charge on any atom is -0.464 e. The summed E-state index contributed by atoms with van der Waals surface area (Å²) in [5.41, 5.74) is 3.19. The second-order valence-corrected chi connectivity index (χ2v) is 4.40. The molecule has 3 aromatic heterocycles. The molecule has 0 radical (unpaired) electrons. The lowest BCUT2D eigenvalue weighted by Gasteiger charge is -1.99. The number of hydrogen-bond acceptors (Lipinski definition) is 4. The van der Waals surface area contributed by atoms with Crippen molar-refractivity contribution in [3.63, 3.8) is 0 Å². The van der Waals surface area contributed by atoms with Crippen molar-refractivity contribution < 1.29 is 8.83 Å². The monoisotopic (exact) mass is 262 g/mol. The summed E-state index contributed by atoms with van der Waals surface area (Å²) in [5.74, 6) is 1.38. The normalized spacial score (nSPS) is 11.0. The molecule has 4 heteroatoms. The number of fused-ring (bicyclic) bond motifs is 1. The van der Waals surface area contributed by atoms with Crippen molar-refractivity contribution in [1.29, 1.82) is 0 Å². The molecular weight excluding hydrogens is 252 g/mol. The van der Waals surface area contributed by atoms with E-state index in [-0.39, 0.29) is 0 Å². The lowest BCUT2D eigenvalue weighted by atomic mass is 10.1.